The number of nitrogens with zero attached hydrogens (tertiary/aromatic N) is 1. The average molecular weight is 336 g/mol. The largest absolute Gasteiger partial charge is 0.360 e. The zero-order chi connectivity index (χ0) is 15.1. The molecule has 22 heavy (non-hydrogen) atoms. The summed E-state index contributed by atoms with van der Waals surface area (Å²) in [7, 11) is 0. The molecule has 2 aliphatic heterocycles. The fourth-order valence-corrected chi connectivity index (χ4v) is 4.60. The van der Waals surface area contributed by atoms with Crippen LogP contribution in [-0.4, -0.2) is 34.2 Å². The van der Waals surface area contributed by atoms with Gasteiger partial charge in [0.25, 0.3) is 0 Å². The smallest absolute Gasteiger partial charge is 0.170 e. The highest BCUT2D eigenvalue weighted by atomic mass is 35.5. The van der Waals surface area contributed by atoms with Crippen LogP contribution in [0.15, 0.2) is 24.3 Å². The second-order valence-electron chi connectivity index (χ2n) is 6.84. The Morgan fingerprint density at radius 1 is 1.00 bits per heavy atom. The molecule has 5 heteroatoms. The van der Waals surface area contributed by atoms with Gasteiger partial charge in [0.1, 0.15) is 0 Å². The van der Waals surface area contributed by atoms with Gasteiger partial charge in [-0.3, -0.25) is 4.90 Å². The van der Waals surface area contributed by atoms with Gasteiger partial charge in [-0.25, -0.2) is 0 Å². The first-order valence-corrected chi connectivity index (χ1v) is 9.08. The van der Waals surface area contributed by atoms with Crippen LogP contribution in [0.5, 0.6) is 0 Å². The zero-order valence-electron chi connectivity index (χ0n) is 12.6. The summed E-state index contributed by atoms with van der Waals surface area (Å²) in [6.07, 6.45) is 8.04. The molecule has 2 saturated heterocycles. The van der Waals surface area contributed by atoms with E-state index in [0.717, 1.165) is 33.9 Å². The van der Waals surface area contributed by atoms with Gasteiger partial charge in [0, 0.05) is 34.9 Å². The number of piperidine rings is 1. The van der Waals surface area contributed by atoms with Gasteiger partial charge in [0.2, 0.25) is 0 Å². The number of nitrogens with one attached hydrogen (secondary N) is 2. The molecule has 3 atom stereocenters. The molecule has 1 saturated carbocycles. The molecule has 4 rings (SSSR count). The molecule has 0 radical (unpaired) electrons. The lowest BCUT2D eigenvalue weighted by molar-refractivity contribution is 0.114. The average Bonchev–Trinajstić information content (AvgIpc) is 3.28. The summed E-state index contributed by atoms with van der Waals surface area (Å²) >= 11 is 11.4. The summed E-state index contributed by atoms with van der Waals surface area (Å²) in [6, 6.07) is 10.6. The Morgan fingerprint density at radius 3 is 2.18 bits per heavy atom. The molecule has 2 N–H and O–H groups in total. The fourth-order valence-electron chi connectivity index (χ4n) is 4.19. The second kappa shape index (κ2) is 5.99. The van der Waals surface area contributed by atoms with Crippen molar-refractivity contribution in [3.05, 3.63) is 29.3 Å². The first-order valence-electron chi connectivity index (χ1n) is 8.29. The van der Waals surface area contributed by atoms with Gasteiger partial charge < -0.3 is 10.6 Å². The molecule has 2 heterocycles. The van der Waals surface area contributed by atoms with Crippen molar-refractivity contribution in [3.8, 4) is 0 Å². The Morgan fingerprint density at radius 2 is 1.59 bits per heavy atom. The highest BCUT2D eigenvalue weighted by Gasteiger charge is 2.46. The molecule has 118 valence electrons. The fraction of sp³-hybridized carbons (Fsp3) is 0.588. The maximum Gasteiger partial charge on any atom is 0.170 e. The quantitative estimate of drug-likeness (QED) is 0.822. The minimum Gasteiger partial charge on any atom is -0.360 e. The van der Waals surface area contributed by atoms with Gasteiger partial charge in [-0.1, -0.05) is 11.6 Å². The lowest BCUT2D eigenvalue weighted by Gasteiger charge is -2.39. The minimum absolute atomic E-state index is 0.514. The highest BCUT2D eigenvalue weighted by Crippen LogP contribution is 2.43. The predicted molar refractivity (Wildman–Crippen MR) is 95.5 cm³/mol. The summed E-state index contributed by atoms with van der Waals surface area (Å²) in [5.41, 5.74) is 0.986. The zero-order valence-corrected chi connectivity index (χ0v) is 14.2. The van der Waals surface area contributed by atoms with E-state index in [9.17, 15) is 0 Å². The van der Waals surface area contributed by atoms with Crippen LogP contribution in [0.1, 0.15) is 38.5 Å². The SMILES string of the molecule is S=C(Nc1ccc(Cl)cc1)NC1C[C@H]2CC[C@@H](C1)N2C1CC1. The number of hydrogen-bond donors (Lipinski definition) is 2. The van der Waals surface area contributed by atoms with Crippen LogP contribution >= 0.6 is 23.8 Å². The van der Waals surface area contributed by atoms with Gasteiger partial charge >= 0.3 is 0 Å². The van der Waals surface area contributed by atoms with Crippen LogP contribution in [0, 0.1) is 0 Å². The number of rotatable bonds is 3. The Balaban J connectivity index is 1.32. The molecule has 1 unspecified atom stereocenters. The third-order valence-corrected chi connectivity index (χ3v) is 5.67. The van der Waals surface area contributed by atoms with Crippen molar-refractivity contribution in [1.82, 2.24) is 10.2 Å². The Hall–Kier alpha value is -0.840. The third kappa shape index (κ3) is 3.10. The van der Waals surface area contributed by atoms with E-state index in [-0.39, 0.29) is 0 Å². The van der Waals surface area contributed by atoms with E-state index in [4.69, 9.17) is 23.8 Å². The van der Waals surface area contributed by atoms with Crippen LogP contribution in [0.4, 0.5) is 5.69 Å². The number of hydrogen-bond acceptors (Lipinski definition) is 2. The Labute approximate surface area is 142 Å². The predicted octanol–water partition coefficient (Wildman–Crippen LogP) is 3.78. The number of benzene rings is 1. The van der Waals surface area contributed by atoms with E-state index in [0.29, 0.717) is 6.04 Å². The monoisotopic (exact) mass is 335 g/mol. The molecule has 0 spiro atoms. The maximum absolute atomic E-state index is 5.91. The van der Waals surface area contributed by atoms with E-state index in [1.165, 1.54) is 38.5 Å². The first-order chi connectivity index (χ1) is 10.7. The molecular formula is C17H22ClN3S. The van der Waals surface area contributed by atoms with Crippen LogP contribution in [-0.2, 0) is 0 Å². The Bertz CT molecular complexity index is 544. The number of thiocarbonyl (C=S) groups is 1. The molecular weight excluding hydrogens is 314 g/mol. The summed E-state index contributed by atoms with van der Waals surface area (Å²) in [6.45, 7) is 0. The highest BCUT2D eigenvalue weighted by molar-refractivity contribution is 7.80. The van der Waals surface area contributed by atoms with Crippen molar-refractivity contribution in [2.75, 3.05) is 5.32 Å². The maximum atomic E-state index is 5.91. The van der Waals surface area contributed by atoms with Crippen LogP contribution in [0.25, 0.3) is 0 Å². The normalized spacial score (nSPS) is 31.0. The third-order valence-electron chi connectivity index (χ3n) is 5.20. The number of fused-ring (bicyclic) bond motifs is 2. The summed E-state index contributed by atoms with van der Waals surface area (Å²) in [5.74, 6) is 0. The van der Waals surface area contributed by atoms with Crippen molar-refractivity contribution in [1.29, 1.82) is 0 Å². The molecule has 3 nitrogen and oxygen atoms in total. The van der Waals surface area contributed by atoms with Gasteiger partial charge in [-0.15, -0.1) is 0 Å². The summed E-state index contributed by atoms with van der Waals surface area (Å²) in [4.78, 5) is 2.81. The van der Waals surface area contributed by atoms with Crippen molar-refractivity contribution < 1.29 is 0 Å². The Kier molecular flexibility index (Phi) is 4.01. The van der Waals surface area contributed by atoms with Crippen molar-refractivity contribution in [2.45, 2.75) is 62.7 Å². The lowest BCUT2D eigenvalue weighted by Crippen LogP contribution is -2.51. The standard InChI is InChI=1S/C17H22ClN3S/c18-11-1-3-12(4-2-11)19-17(22)20-13-9-15-7-8-16(10-13)21(15)14-5-6-14/h1-4,13-16H,5-10H2,(H2,19,20,22)/t13?,15-,16+. The molecule has 1 aromatic rings. The van der Waals surface area contributed by atoms with Crippen molar-refractivity contribution >= 4 is 34.6 Å². The van der Waals surface area contributed by atoms with E-state index in [2.05, 4.69) is 15.5 Å². The van der Waals surface area contributed by atoms with Crippen molar-refractivity contribution in [2.24, 2.45) is 0 Å². The van der Waals surface area contributed by atoms with Gasteiger partial charge in [0.05, 0.1) is 0 Å². The molecule has 3 aliphatic rings. The molecule has 2 bridgehead atoms. The van der Waals surface area contributed by atoms with Gasteiger partial charge in [0.15, 0.2) is 5.11 Å². The van der Waals surface area contributed by atoms with Crippen LogP contribution < -0.4 is 10.6 Å². The lowest BCUT2D eigenvalue weighted by atomic mass is 9.97. The summed E-state index contributed by atoms with van der Waals surface area (Å²) < 4.78 is 0. The second-order valence-corrected chi connectivity index (χ2v) is 7.68. The molecule has 1 aromatic carbocycles. The van der Waals surface area contributed by atoms with Crippen LogP contribution in [0.2, 0.25) is 5.02 Å². The minimum atomic E-state index is 0.514. The first kappa shape index (κ1) is 14.7. The van der Waals surface area contributed by atoms with E-state index < -0.39 is 0 Å². The molecule has 3 fully saturated rings. The van der Waals surface area contributed by atoms with Gasteiger partial charge in [-0.2, -0.15) is 0 Å². The summed E-state index contributed by atoms with van der Waals surface area (Å²) in [5, 5.41) is 8.26. The number of anilines is 1. The van der Waals surface area contributed by atoms with Crippen LogP contribution in [0.3, 0.4) is 0 Å². The number of halogens is 1. The topological polar surface area (TPSA) is 27.3 Å². The van der Waals surface area contributed by atoms with E-state index >= 15 is 0 Å². The molecule has 0 aromatic heterocycles. The van der Waals surface area contributed by atoms with E-state index in [1.807, 2.05) is 24.3 Å². The molecule has 1 aliphatic carbocycles. The van der Waals surface area contributed by atoms with Gasteiger partial charge in [-0.05, 0) is 75.0 Å². The van der Waals surface area contributed by atoms with Crippen molar-refractivity contribution in [3.63, 3.8) is 0 Å². The van der Waals surface area contributed by atoms with E-state index in [1.54, 1.807) is 0 Å². The molecule has 0 amide bonds.